The Kier molecular flexibility index (Phi) is 2.78. The second kappa shape index (κ2) is 10.5. The van der Waals surface area contributed by atoms with Gasteiger partial charge in [0.2, 0.25) is 17.6 Å². The number of nitrogens with zero attached hydrogens (tertiary/aromatic N) is 1. The molecule has 1 unspecified atom stereocenters. The maximum atomic E-state index is 14.9. The van der Waals surface area contributed by atoms with Gasteiger partial charge in [0.1, 0.15) is 12.1 Å². The van der Waals surface area contributed by atoms with Gasteiger partial charge < -0.3 is 26.6 Å². The molecule has 5 atom stereocenters. The zero-order chi connectivity index (χ0) is 51.5. The maximum absolute atomic E-state index is 14.9. The van der Waals surface area contributed by atoms with Gasteiger partial charge in [-0.15, -0.1) is 0 Å². The number of hydrogen-bond acceptors (Lipinski definition) is 5. The number of hydrogen-bond donors (Lipinski definition) is 4. The first kappa shape index (κ1) is 10.1. The van der Waals surface area contributed by atoms with E-state index in [4.69, 9.17) is 42.7 Å². The summed E-state index contributed by atoms with van der Waals surface area (Å²) in [6.45, 7) is -33.7. The molecule has 10 heteroatoms. The molecule has 3 aliphatic rings. The summed E-state index contributed by atoms with van der Waals surface area (Å²) in [7, 11) is 0. The molecule has 10 nitrogen and oxygen atoms in total. The molecule has 214 valence electrons. The van der Waals surface area contributed by atoms with Crippen LogP contribution >= 0.6 is 0 Å². The monoisotopic (exact) mass is 561 g/mol. The van der Waals surface area contributed by atoms with Crippen LogP contribution in [0.3, 0.4) is 0 Å². The summed E-state index contributed by atoms with van der Waals surface area (Å²) < 4.78 is 219. The van der Waals surface area contributed by atoms with Gasteiger partial charge in [0.25, 0.3) is 5.91 Å². The Balaban J connectivity index is 2.42. The molecule has 3 fully saturated rings. The first-order chi connectivity index (χ1) is 28.4. The van der Waals surface area contributed by atoms with E-state index in [1.54, 1.807) is 5.32 Å². The highest BCUT2D eigenvalue weighted by Gasteiger charge is 2.69. The molecule has 1 saturated heterocycles. The van der Waals surface area contributed by atoms with Crippen LogP contribution in [0.1, 0.15) is 124 Å². The van der Waals surface area contributed by atoms with Crippen LogP contribution in [0.2, 0.25) is 0 Å². The van der Waals surface area contributed by atoms with Crippen LogP contribution in [-0.2, 0) is 19.2 Å². The normalized spacial score (nSPS) is 40.3. The lowest BCUT2D eigenvalue weighted by Crippen LogP contribution is -2.60. The molecule has 0 aromatic heterocycles. The van der Waals surface area contributed by atoms with Gasteiger partial charge in [-0.2, -0.15) is 0 Å². The molecule has 5 N–H and O–H groups in total. The number of primary amides is 1. The Bertz CT molecular complexity index is 1800. The molecule has 0 radical (unpaired) electrons. The lowest BCUT2D eigenvalue weighted by Gasteiger charge is -2.36. The van der Waals surface area contributed by atoms with E-state index in [2.05, 4.69) is 0 Å². The van der Waals surface area contributed by atoms with E-state index in [1.807, 2.05) is 0 Å². The van der Waals surface area contributed by atoms with E-state index in [-0.39, 0.29) is 17.7 Å². The van der Waals surface area contributed by atoms with Crippen LogP contribution in [-0.4, -0.2) is 64.6 Å². The molecule has 5 amide bonds. The molecule has 0 spiro atoms. The van der Waals surface area contributed by atoms with E-state index in [1.165, 1.54) is 10.6 Å². The highest BCUT2D eigenvalue weighted by molar-refractivity contribution is 6.37. The zero-order valence-electron chi connectivity index (χ0n) is 47.0. The third-order valence-electron chi connectivity index (χ3n) is 6.62. The molecular weight excluding hydrogens is 486 g/mol. The van der Waals surface area contributed by atoms with E-state index in [9.17, 15) is 24.0 Å². The molecule has 1 aliphatic heterocycles. The fraction of sp³-hybridized carbons (Fsp3) is 0.821. The van der Waals surface area contributed by atoms with Crippen LogP contribution in [0.5, 0.6) is 0 Å². The molecule has 2 saturated carbocycles. The van der Waals surface area contributed by atoms with Crippen molar-refractivity contribution in [2.24, 2.45) is 34.3 Å². The average molecular weight is 561 g/mol. The number of Topliss-reactive ketones (excluding diaryl/α,β-unsaturated/α-hetero) is 1. The first-order valence-corrected chi connectivity index (χ1v) is 11.5. The number of likely N-dealkylation sites (tertiary alicyclic amines) is 1. The molecule has 3 rings (SSSR count). The van der Waals surface area contributed by atoms with Crippen LogP contribution < -0.4 is 21.7 Å². The Morgan fingerprint density at radius 2 is 1.79 bits per heavy atom. The Hall–Kier alpha value is -2.65. The highest BCUT2D eigenvalue weighted by Crippen LogP contribution is 2.65. The Morgan fingerprint density at radius 3 is 2.32 bits per heavy atom. The fourth-order valence-corrected chi connectivity index (χ4v) is 4.57. The van der Waals surface area contributed by atoms with Gasteiger partial charge in [-0.1, -0.05) is 53.5 Å². The third kappa shape index (κ3) is 6.86. The number of carbonyl (C=O) groups is 5. The quantitative estimate of drug-likeness (QED) is 0.318. The predicted molar refractivity (Wildman–Crippen MR) is 144 cm³/mol. The van der Waals surface area contributed by atoms with Gasteiger partial charge in [-0.3, -0.25) is 19.2 Å². The number of nitrogens with one attached hydrogen (secondary N) is 3. The van der Waals surface area contributed by atoms with Gasteiger partial charge in [-0.25, -0.2) is 4.79 Å². The smallest absolute Gasteiger partial charge is 0.315 e. The van der Waals surface area contributed by atoms with Crippen LogP contribution in [0, 0.1) is 28.6 Å². The number of rotatable bonds is 9. The van der Waals surface area contributed by atoms with Gasteiger partial charge in [0.05, 0.1) is 7.39 Å². The third-order valence-corrected chi connectivity index (χ3v) is 6.62. The van der Waals surface area contributed by atoms with Crippen molar-refractivity contribution in [1.82, 2.24) is 20.9 Å². The number of piperidine rings is 1. The summed E-state index contributed by atoms with van der Waals surface area (Å²) in [5.74, 6) is -13.3. The number of nitrogens with two attached hydrogens (primary N) is 1. The standard InChI is InChI=1S/C28H47N5O5/c1-26(2,3)13-18(31-25(38)32-27(4,5)6)24(37)33-14-16-19(28(16,7)8)20(33)23(36)30-17(21(34)22(29)35)12-15-10-9-11-15/h15-20H,9-14H2,1-8H3,(H2,29,35)(H,30,36)(H2,31,32,38)/t16-,17?,18-,19-,20-/m0/s1/i1D3,2D3,3D3,4D3,5D3,6D3,7D3,8D3,12D2,17D. The van der Waals surface area contributed by atoms with Crippen LogP contribution in [0.25, 0.3) is 0 Å². The summed E-state index contributed by atoms with van der Waals surface area (Å²) in [5, 5.41) is 4.41. The second-order valence-corrected chi connectivity index (χ2v) is 9.78. The predicted octanol–water partition coefficient (Wildman–Crippen LogP) is 2.10. The summed E-state index contributed by atoms with van der Waals surface area (Å²) in [4.78, 5) is 68.9. The number of carbonyl (C=O) groups excluding carboxylic acids is 5. The van der Waals surface area contributed by atoms with Crippen molar-refractivity contribution in [3.63, 3.8) is 0 Å². The molecule has 2 aliphatic carbocycles. The van der Waals surface area contributed by atoms with E-state index >= 15 is 0 Å². The molecule has 0 bridgehead atoms. The summed E-state index contributed by atoms with van der Waals surface area (Å²) in [6, 6.07) is -11.8. The van der Waals surface area contributed by atoms with E-state index < -0.39 is 156 Å². The lowest BCUT2D eigenvalue weighted by molar-refractivity contribution is -0.144. The van der Waals surface area contributed by atoms with E-state index in [0.717, 1.165) is 0 Å². The lowest BCUT2D eigenvalue weighted by atomic mass is 9.80. The van der Waals surface area contributed by atoms with Crippen molar-refractivity contribution in [3.8, 4) is 0 Å². The SMILES string of the molecule is [2H]C([2H])([2H])C1(C([2H])([2H])[2H])[C@@H]2[C@@H](C(=O)NC([2H])(C(=O)C(N)=O)C([2H])([2H])C3CCC3)N(C(=O)[C@H](CC(C([2H])([2H])[2H])(C([2H])([2H])[2H])C([2H])([2H])[2H])NC(=O)NC(C([2H])([2H])[2H])(C([2H])([2H])[2H])C([2H])([2H])[2H])C[C@@H]21. The van der Waals surface area contributed by atoms with Crippen LogP contribution in [0.4, 0.5) is 4.79 Å². The minimum absolute atomic E-state index is 0.0181. The molecule has 1 heterocycles. The van der Waals surface area contributed by atoms with Gasteiger partial charge >= 0.3 is 6.03 Å². The first-order valence-electron chi connectivity index (χ1n) is 25.0. The summed E-state index contributed by atoms with van der Waals surface area (Å²) in [5.41, 5.74) is -6.25. The molecular formula is C28H47N5O5. The van der Waals surface area contributed by atoms with Crippen LogP contribution in [0.15, 0.2) is 0 Å². The Labute approximate surface area is 264 Å². The second-order valence-electron chi connectivity index (χ2n) is 9.78. The van der Waals surface area contributed by atoms with Crippen molar-refractivity contribution < 1.29 is 61.0 Å². The molecule has 38 heavy (non-hydrogen) atoms. The number of fused-ring (bicyclic) bond motifs is 1. The number of ketones is 1. The average Bonchev–Trinajstić information content (AvgIpc) is 3.54. The Morgan fingerprint density at radius 1 is 1.11 bits per heavy atom. The maximum Gasteiger partial charge on any atom is 0.315 e. The van der Waals surface area contributed by atoms with Gasteiger partial charge in [0, 0.05) is 47.7 Å². The highest BCUT2D eigenvalue weighted by atomic mass is 16.2. The molecule has 0 aromatic rings. The number of urea groups is 1. The van der Waals surface area contributed by atoms with Crippen molar-refractivity contribution in [3.05, 3.63) is 0 Å². The van der Waals surface area contributed by atoms with Crippen molar-refractivity contribution in [1.29, 1.82) is 0 Å². The summed E-state index contributed by atoms with van der Waals surface area (Å²) >= 11 is 0. The minimum atomic E-state index is -4.26. The largest absolute Gasteiger partial charge is 0.363 e. The van der Waals surface area contributed by atoms with Gasteiger partial charge in [0.15, 0.2) is 0 Å². The minimum Gasteiger partial charge on any atom is -0.363 e. The van der Waals surface area contributed by atoms with Crippen molar-refractivity contribution >= 4 is 29.5 Å². The summed E-state index contributed by atoms with van der Waals surface area (Å²) in [6.07, 6.45) is -5.02. The van der Waals surface area contributed by atoms with Gasteiger partial charge in [-0.05, 0) is 61.9 Å². The fourth-order valence-electron chi connectivity index (χ4n) is 4.57. The molecule has 0 aromatic carbocycles. The van der Waals surface area contributed by atoms with Crippen molar-refractivity contribution in [2.75, 3.05) is 6.54 Å². The zero-order valence-corrected chi connectivity index (χ0v) is 20.0. The topological polar surface area (TPSA) is 151 Å². The van der Waals surface area contributed by atoms with Crippen molar-refractivity contribution in [2.45, 2.75) is 111 Å². The number of amides is 5. The van der Waals surface area contributed by atoms with E-state index in [0.29, 0.717) is 6.42 Å².